The van der Waals surface area contributed by atoms with E-state index in [1.54, 1.807) is 12.1 Å². The lowest BCUT2D eigenvalue weighted by Crippen LogP contribution is -2.33. The fourth-order valence-corrected chi connectivity index (χ4v) is 1.49. The molecule has 0 saturated heterocycles. The molecule has 0 fully saturated rings. The predicted molar refractivity (Wildman–Crippen MR) is 66.2 cm³/mol. The molecule has 0 aliphatic rings. The fraction of sp³-hybridized carbons (Fsp3) is 0.250. The number of hydrogen-bond donors (Lipinski definition) is 2. The molecule has 0 bridgehead atoms. The van der Waals surface area contributed by atoms with Crippen LogP contribution in [0.1, 0.15) is 23.7 Å². The van der Waals surface area contributed by atoms with Gasteiger partial charge in [-0.1, -0.05) is 24.4 Å². The second-order valence-corrected chi connectivity index (χ2v) is 3.75. The number of benzene rings is 1. The number of terminal acetylenes is 1. The smallest absolute Gasteiger partial charge is 0.253 e. The summed E-state index contributed by atoms with van der Waals surface area (Å²) in [5.74, 6) is 2.20. The molecule has 0 aromatic heterocycles. The molecular formula is C12H13ClN2O. The van der Waals surface area contributed by atoms with Crippen LogP contribution in [0.2, 0.25) is 5.02 Å². The van der Waals surface area contributed by atoms with Crippen molar-refractivity contribution in [2.75, 3.05) is 5.73 Å². The molecule has 3 nitrogen and oxygen atoms in total. The van der Waals surface area contributed by atoms with Gasteiger partial charge in [0.15, 0.2) is 0 Å². The van der Waals surface area contributed by atoms with Crippen molar-refractivity contribution in [3.8, 4) is 12.3 Å². The summed E-state index contributed by atoms with van der Waals surface area (Å²) in [5.41, 5.74) is 6.43. The molecule has 1 unspecified atom stereocenters. The van der Waals surface area contributed by atoms with Gasteiger partial charge in [0.1, 0.15) is 0 Å². The average molecular weight is 237 g/mol. The van der Waals surface area contributed by atoms with Crippen LogP contribution < -0.4 is 11.1 Å². The molecule has 0 spiro atoms. The summed E-state index contributed by atoms with van der Waals surface area (Å²) in [4.78, 5) is 11.8. The molecule has 1 rings (SSSR count). The SMILES string of the molecule is C#CC(CC)NC(=O)c1ccc(N)cc1Cl. The van der Waals surface area contributed by atoms with Crippen LogP contribution >= 0.6 is 11.6 Å². The van der Waals surface area contributed by atoms with E-state index in [1.807, 2.05) is 6.92 Å². The van der Waals surface area contributed by atoms with Crippen LogP contribution in [0.15, 0.2) is 18.2 Å². The first-order chi connectivity index (χ1) is 7.58. The van der Waals surface area contributed by atoms with Gasteiger partial charge in [0.25, 0.3) is 5.91 Å². The van der Waals surface area contributed by atoms with Gasteiger partial charge in [-0.15, -0.1) is 6.42 Å². The fourth-order valence-electron chi connectivity index (χ4n) is 1.21. The molecule has 16 heavy (non-hydrogen) atoms. The van der Waals surface area contributed by atoms with Gasteiger partial charge in [0.2, 0.25) is 0 Å². The Labute approximate surface area is 100.0 Å². The molecule has 1 amide bonds. The van der Waals surface area contributed by atoms with Crippen molar-refractivity contribution in [1.82, 2.24) is 5.32 Å². The summed E-state index contributed by atoms with van der Waals surface area (Å²) in [6.45, 7) is 1.90. The average Bonchev–Trinajstić information content (AvgIpc) is 2.25. The number of nitrogens with one attached hydrogen (secondary N) is 1. The maximum Gasteiger partial charge on any atom is 0.253 e. The highest BCUT2D eigenvalue weighted by Crippen LogP contribution is 2.19. The Hall–Kier alpha value is -1.66. The van der Waals surface area contributed by atoms with Gasteiger partial charge in [-0.25, -0.2) is 0 Å². The first kappa shape index (κ1) is 12.4. The van der Waals surface area contributed by atoms with Crippen molar-refractivity contribution in [2.24, 2.45) is 0 Å². The van der Waals surface area contributed by atoms with Crippen LogP contribution in [-0.4, -0.2) is 11.9 Å². The number of hydrogen-bond acceptors (Lipinski definition) is 2. The van der Waals surface area contributed by atoms with Gasteiger partial charge in [-0.2, -0.15) is 0 Å². The third-order valence-electron chi connectivity index (χ3n) is 2.15. The second-order valence-electron chi connectivity index (χ2n) is 3.34. The number of carbonyl (C=O) groups is 1. The van der Waals surface area contributed by atoms with Crippen LogP contribution in [0, 0.1) is 12.3 Å². The lowest BCUT2D eigenvalue weighted by Gasteiger charge is -2.11. The molecule has 0 aliphatic carbocycles. The molecule has 1 aromatic carbocycles. The van der Waals surface area contributed by atoms with E-state index in [1.165, 1.54) is 6.07 Å². The third kappa shape index (κ3) is 2.91. The first-order valence-electron chi connectivity index (χ1n) is 4.90. The number of amides is 1. The Morgan fingerprint density at radius 1 is 1.69 bits per heavy atom. The normalized spacial score (nSPS) is 11.6. The van der Waals surface area contributed by atoms with Gasteiger partial charge in [0.05, 0.1) is 16.6 Å². The Bertz CT molecular complexity index is 437. The minimum absolute atomic E-state index is 0.277. The standard InChI is InChI=1S/C12H13ClN2O/c1-3-9(4-2)15-12(16)10-6-5-8(14)7-11(10)13/h1,5-7,9H,4,14H2,2H3,(H,15,16). The van der Waals surface area contributed by atoms with Crippen LogP contribution in [0.4, 0.5) is 5.69 Å². The molecule has 0 aliphatic heterocycles. The summed E-state index contributed by atoms with van der Waals surface area (Å²) in [5, 5.41) is 3.02. The van der Waals surface area contributed by atoms with E-state index in [0.717, 1.165) is 0 Å². The summed E-state index contributed by atoms with van der Waals surface area (Å²) in [6, 6.07) is 4.46. The molecule has 0 heterocycles. The third-order valence-corrected chi connectivity index (χ3v) is 2.47. The van der Waals surface area contributed by atoms with E-state index in [0.29, 0.717) is 22.7 Å². The highest BCUT2D eigenvalue weighted by atomic mass is 35.5. The van der Waals surface area contributed by atoms with E-state index < -0.39 is 0 Å². The quantitative estimate of drug-likeness (QED) is 0.624. The lowest BCUT2D eigenvalue weighted by molar-refractivity contribution is 0.0945. The van der Waals surface area contributed by atoms with Crippen molar-refractivity contribution in [1.29, 1.82) is 0 Å². The van der Waals surface area contributed by atoms with E-state index in [-0.39, 0.29) is 11.9 Å². The molecule has 84 valence electrons. The van der Waals surface area contributed by atoms with Crippen molar-refractivity contribution in [2.45, 2.75) is 19.4 Å². The van der Waals surface area contributed by atoms with Crippen LogP contribution in [0.3, 0.4) is 0 Å². The maximum absolute atomic E-state index is 11.8. The van der Waals surface area contributed by atoms with Crippen LogP contribution in [0.25, 0.3) is 0 Å². The number of nitrogen functional groups attached to an aromatic ring is 1. The van der Waals surface area contributed by atoms with Gasteiger partial charge < -0.3 is 11.1 Å². The Morgan fingerprint density at radius 3 is 2.88 bits per heavy atom. The molecular weight excluding hydrogens is 224 g/mol. The topological polar surface area (TPSA) is 55.1 Å². The number of carbonyl (C=O) groups excluding carboxylic acids is 1. The highest BCUT2D eigenvalue weighted by molar-refractivity contribution is 6.34. The predicted octanol–water partition coefficient (Wildman–Crippen LogP) is 2.06. The Kier molecular flexibility index (Phi) is 4.21. The molecule has 0 radical (unpaired) electrons. The highest BCUT2D eigenvalue weighted by Gasteiger charge is 2.13. The number of halogens is 1. The molecule has 1 atom stereocenters. The van der Waals surface area contributed by atoms with Gasteiger partial charge >= 0.3 is 0 Å². The largest absolute Gasteiger partial charge is 0.399 e. The maximum atomic E-state index is 11.8. The summed E-state index contributed by atoms with van der Waals surface area (Å²) in [6.07, 6.45) is 5.93. The number of anilines is 1. The zero-order chi connectivity index (χ0) is 12.1. The van der Waals surface area contributed by atoms with E-state index in [2.05, 4.69) is 11.2 Å². The van der Waals surface area contributed by atoms with Crippen LogP contribution in [-0.2, 0) is 0 Å². The first-order valence-corrected chi connectivity index (χ1v) is 5.28. The minimum Gasteiger partial charge on any atom is -0.399 e. The molecule has 1 aromatic rings. The molecule has 3 N–H and O–H groups in total. The summed E-state index contributed by atoms with van der Waals surface area (Å²) < 4.78 is 0. The van der Waals surface area contributed by atoms with Crippen molar-refractivity contribution in [3.05, 3.63) is 28.8 Å². The lowest BCUT2D eigenvalue weighted by atomic mass is 10.1. The molecule has 0 saturated carbocycles. The van der Waals surface area contributed by atoms with Gasteiger partial charge in [-0.05, 0) is 24.6 Å². The van der Waals surface area contributed by atoms with Crippen molar-refractivity contribution >= 4 is 23.2 Å². The van der Waals surface area contributed by atoms with Crippen molar-refractivity contribution in [3.63, 3.8) is 0 Å². The van der Waals surface area contributed by atoms with Gasteiger partial charge in [-0.3, -0.25) is 4.79 Å². The van der Waals surface area contributed by atoms with E-state index in [9.17, 15) is 4.79 Å². The second kappa shape index (κ2) is 5.43. The van der Waals surface area contributed by atoms with Crippen LogP contribution in [0.5, 0.6) is 0 Å². The zero-order valence-electron chi connectivity index (χ0n) is 8.96. The summed E-state index contributed by atoms with van der Waals surface area (Å²) in [7, 11) is 0. The van der Waals surface area contributed by atoms with Gasteiger partial charge in [0, 0.05) is 5.69 Å². The summed E-state index contributed by atoms with van der Waals surface area (Å²) >= 11 is 5.90. The zero-order valence-corrected chi connectivity index (χ0v) is 9.71. The van der Waals surface area contributed by atoms with E-state index in [4.69, 9.17) is 23.8 Å². The Balaban J connectivity index is 2.85. The van der Waals surface area contributed by atoms with Crippen molar-refractivity contribution < 1.29 is 4.79 Å². The monoisotopic (exact) mass is 236 g/mol. The molecule has 4 heteroatoms. The number of rotatable bonds is 3. The van der Waals surface area contributed by atoms with E-state index >= 15 is 0 Å². The minimum atomic E-state index is -0.283. The Morgan fingerprint density at radius 2 is 2.38 bits per heavy atom. The number of nitrogens with two attached hydrogens (primary N) is 1.